The van der Waals surface area contributed by atoms with Gasteiger partial charge in [-0.15, -0.1) is 5.10 Å². The fraction of sp³-hybridized carbons (Fsp3) is 0.500. The standard InChI is InChI=1S/C26H32N4O5/c1-16-19(17(2)28-24-23(16)25(32-4)29-30(24)3)6-8-22(31)27-14-26(9-11-33-12-10-26)18-5-7-20-21(13-18)35-15-34-20/h5,7,13H,6,8-12,14-15H2,1-4H3,(H,27,31). The summed E-state index contributed by atoms with van der Waals surface area (Å²) in [6.07, 6.45) is 2.66. The lowest BCUT2D eigenvalue weighted by molar-refractivity contribution is -0.121. The van der Waals surface area contributed by atoms with Crippen LogP contribution in [-0.4, -0.2) is 54.3 Å². The number of hydrogen-bond donors (Lipinski definition) is 1. The van der Waals surface area contributed by atoms with E-state index in [0.29, 0.717) is 38.5 Å². The molecule has 1 N–H and O–H groups in total. The molecule has 9 heteroatoms. The molecule has 2 aliphatic rings. The minimum Gasteiger partial charge on any atom is -0.479 e. The van der Waals surface area contributed by atoms with Gasteiger partial charge in [0, 0.05) is 44.3 Å². The zero-order valence-electron chi connectivity index (χ0n) is 20.8. The molecule has 3 aromatic rings. The predicted octanol–water partition coefficient (Wildman–Crippen LogP) is 3.12. The van der Waals surface area contributed by atoms with Crippen molar-refractivity contribution in [2.75, 3.05) is 33.7 Å². The summed E-state index contributed by atoms with van der Waals surface area (Å²) in [5.74, 6) is 2.11. The third-order valence-electron chi connectivity index (χ3n) is 7.38. The molecule has 4 heterocycles. The number of fused-ring (bicyclic) bond motifs is 2. The molecular formula is C26H32N4O5. The van der Waals surface area contributed by atoms with Crippen LogP contribution in [-0.2, 0) is 28.4 Å². The molecule has 0 radical (unpaired) electrons. The molecule has 1 aromatic carbocycles. The van der Waals surface area contributed by atoms with E-state index in [-0.39, 0.29) is 18.1 Å². The van der Waals surface area contributed by atoms with E-state index in [4.69, 9.17) is 23.9 Å². The van der Waals surface area contributed by atoms with E-state index in [9.17, 15) is 4.79 Å². The first-order valence-electron chi connectivity index (χ1n) is 12.0. The summed E-state index contributed by atoms with van der Waals surface area (Å²) in [4.78, 5) is 17.7. The van der Waals surface area contributed by atoms with Crippen LogP contribution in [0.15, 0.2) is 18.2 Å². The zero-order chi connectivity index (χ0) is 24.6. The van der Waals surface area contributed by atoms with Crippen LogP contribution in [0.2, 0.25) is 0 Å². The molecule has 1 fully saturated rings. The normalized spacial score (nSPS) is 16.5. The summed E-state index contributed by atoms with van der Waals surface area (Å²) >= 11 is 0. The third-order valence-corrected chi connectivity index (χ3v) is 7.38. The summed E-state index contributed by atoms with van der Waals surface area (Å²) in [7, 11) is 3.47. The highest BCUT2D eigenvalue weighted by Gasteiger charge is 2.36. The Balaban J connectivity index is 1.30. The van der Waals surface area contributed by atoms with E-state index in [0.717, 1.165) is 57.8 Å². The van der Waals surface area contributed by atoms with Crippen molar-refractivity contribution >= 4 is 16.9 Å². The van der Waals surface area contributed by atoms with E-state index in [1.165, 1.54) is 0 Å². The third kappa shape index (κ3) is 4.29. The summed E-state index contributed by atoms with van der Waals surface area (Å²) in [5.41, 5.74) is 4.78. The predicted molar refractivity (Wildman–Crippen MR) is 130 cm³/mol. The number of nitrogens with zero attached hydrogens (tertiary/aromatic N) is 3. The maximum absolute atomic E-state index is 13.0. The molecule has 2 aliphatic heterocycles. The number of rotatable bonds is 7. The highest BCUT2D eigenvalue weighted by molar-refractivity contribution is 5.86. The smallest absolute Gasteiger partial charge is 0.242 e. The van der Waals surface area contributed by atoms with Crippen LogP contribution in [0.1, 0.15) is 41.6 Å². The molecule has 35 heavy (non-hydrogen) atoms. The van der Waals surface area contributed by atoms with E-state index in [1.807, 2.05) is 27.0 Å². The number of amides is 1. The lowest BCUT2D eigenvalue weighted by Crippen LogP contribution is -2.44. The van der Waals surface area contributed by atoms with Crippen molar-refractivity contribution < 1.29 is 23.7 Å². The molecule has 5 rings (SSSR count). The van der Waals surface area contributed by atoms with Gasteiger partial charge in [-0.25, -0.2) is 9.67 Å². The molecule has 0 saturated carbocycles. The Hall–Kier alpha value is -3.33. The van der Waals surface area contributed by atoms with Gasteiger partial charge in [-0.05, 0) is 61.9 Å². The van der Waals surface area contributed by atoms with Crippen molar-refractivity contribution in [3.8, 4) is 17.4 Å². The van der Waals surface area contributed by atoms with E-state index >= 15 is 0 Å². The number of hydrogen-bond acceptors (Lipinski definition) is 7. The lowest BCUT2D eigenvalue weighted by atomic mass is 9.74. The van der Waals surface area contributed by atoms with Crippen molar-refractivity contribution in [2.45, 2.75) is 44.9 Å². The number of aromatic nitrogens is 3. The second-order valence-electron chi connectivity index (χ2n) is 9.37. The van der Waals surface area contributed by atoms with Crippen molar-refractivity contribution in [3.63, 3.8) is 0 Å². The molecule has 1 saturated heterocycles. The first kappa shape index (κ1) is 23.4. The van der Waals surface area contributed by atoms with Crippen LogP contribution >= 0.6 is 0 Å². The zero-order valence-corrected chi connectivity index (χ0v) is 20.8. The average Bonchev–Trinajstić information content (AvgIpc) is 3.47. The number of carbonyl (C=O) groups excluding carboxylic acids is 1. The van der Waals surface area contributed by atoms with Crippen LogP contribution < -0.4 is 19.5 Å². The molecule has 186 valence electrons. The molecule has 0 unspecified atom stereocenters. The summed E-state index contributed by atoms with van der Waals surface area (Å²) < 4.78 is 23.9. The molecule has 2 aromatic heterocycles. The van der Waals surface area contributed by atoms with E-state index in [1.54, 1.807) is 11.8 Å². The topological polar surface area (TPSA) is 96.7 Å². The maximum atomic E-state index is 13.0. The van der Waals surface area contributed by atoms with Crippen molar-refractivity contribution in [1.82, 2.24) is 20.1 Å². The van der Waals surface area contributed by atoms with Gasteiger partial charge in [-0.2, -0.15) is 0 Å². The van der Waals surface area contributed by atoms with Crippen molar-refractivity contribution in [2.24, 2.45) is 7.05 Å². The minimum atomic E-state index is -0.190. The Morgan fingerprint density at radius 3 is 2.74 bits per heavy atom. The second kappa shape index (κ2) is 9.37. The molecule has 1 amide bonds. The molecular weight excluding hydrogens is 448 g/mol. The number of carbonyl (C=O) groups is 1. The Labute approximate surface area is 204 Å². The highest BCUT2D eigenvalue weighted by atomic mass is 16.7. The average molecular weight is 481 g/mol. The molecule has 0 bridgehead atoms. The van der Waals surface area contributed by atoms with Crippen LogP contribution in [0.25, 0.3) is 11.0 Å². The fourth-order valence-electron chi connectivity index (χ4n) is 5.26. The van der Waals surface area contributed by atoms with Gasteiger partial charge in [-0.3, -0.25) is 4.79 Å². The largest absolute Gasteiger partial charge is 0.479 e. The Bertz CT molecular complexity index is 1260. The monoisotopic (exact) mass is 480 g/mol. The first-order valence-corrected chi connectivity index (χ1v) is 12.0. The summed E-state index contributed by atoms with van der Waals surface area (Å²) in [5, 5.41) is 8.52. The Morgan fingerprint density at radius 2 is 1.97 bits per heavy atom. The van der Waals surface area contributed by atoms with E-state index in [2.05, 4.69) is 22.5 Å². The maximum Gasteiger partial charge on any atom is 0.242 e. The number of nitrogens with one attached hydrogen (secondary N) is 1. The first-order chi connectivity index (χ1) is 16.9. The quantitative estimate of drug-likeness (QED) is 0.555. The van der Waals surface area contributed by atoms with Gasteiger partial charge in [0.15, 0.2) is 17.1 Å². The van der Waals surface area contributed by atoms with Gasteiger partial charge < -0.3 is 24.3 Å². The van der Waals surface area contributed by atoms with Crippen LogP contribution in [0.5, 0.6) is 17.4 Å². The van der Waals surface area contributed by atoms with Gasteiger partial charge in [-0.1, -0.05) is 6.07 Å². The molecule has 0 spiro atoms. The van der Waals surface area contributed by atoms with Crippen molar-refractivity contribution in [1.29, 1.82) is 0 Å². The second-order valence-corrected chi connectivity index (χ2v) is 9.37. The van der Waals surface area contributed by atoms with E-state index < -0.39 is 0 Å². The van der Waals surface area contributed by atoms with Gasteiger partial charge >= 0.3 is 0 Å². The van der Waals surface area contributed by atoms with Gasteiger partial charge in [0.1, 0.15) is 0 Å². The minimum absolute atomic E-state index is 0.0219. The Kier molecular flexibility index (Phi) is 6.27. The number of methoxy groups -OCH3 is 1. The lowest BCUT2D eigenvalue weighted by Gasteiger charge is -2.38. The van der Waals surface area contributed by atoms with Gasteiger partial charge in [0.05, 0.1) is 12.5 Å². The number of aryl methyl sites for hydroxylation is 3. The highest BCUT2D eigenvalue weighted by Crippen LogP contribution is 2.40. The molecule has 0 aliphatic carbocycles. The summed E-state index contributed by atoms with van der Waals surface area (Å²) in [6, 6.07) is 6.09. The van der Waals surface area contributed by atoms with Crippen LogP contribution in [0.3, 0.4) is 0 Å². The van der Waals surface area contributed by atoms with Crippen LogP contribution in [0, 0.1) is 13.8 Å². The molecule has 9 nitrogen and oxygen atoms in total. The number of ether oxygens (including phenoxy) is 4. The van der Waals surface area contributed by atoms with Gasteiger partial charge in [0.25, 0.3) is 0 Å². The fourth-order valence-corrected chi connectivity index (χ4v) is 5.26. The number of pyridine rings is 1. The van der Waals surface area contributed by atoms with Crippen molar-refractivity contribution in [3.05, 3.63) is 40.6 Å². The SMILES string of the molecule is COc1nn(C)c2nc(C)c(CCC(=O)NCC3(c4ccc5c(c4)OCO5)CCOCC3)c(C)c12. The van der Waals surface area contributed by atoms with Gasteiger partial charge in [0.2, 0.25) is 18.6 Å². The summed E-state index contributed by atoms with van der Waals surface area (Å²) in [6.45, 7) is 6.17. The van der Waals surface area contributed by atoms with Crippen LogP contribution in [0.4, 0.5) is 0 Å². The Morgan fingerprint density at radius 1 is 1.20 bits per heavy atom. The number of benzene rings is 1. The molecule has 0 atom stereocenters.